The fraction of sp³-hybridized carbons (Fsp3) is 0.250. The molecule has 1 aromatic carbocycles. The molecule has 0 aromatic heterocycles. The van der Waals surface area contributed by atoms with E-state index in [-0.39, 0.29) is 36.2 Å². The Morgan fingerprint density at radius 2 is 1.79 bits per heavy atom. The third kappa shape index (κ3) is 6.74. The van der Waals surface area contributed by atoms with Crippen LogP contribution in [-0.2, 0) is 15.5 Å². The summed E-state index contributed by atoms with van der Waals surface area (Å²) >= 11 is 0. The van der Waals surface area contributed by atoms with E-state index in [0.717, 1.165) is 5.56 Å². The van der Waals surface area contributed by atoms with Crippen molar-refractivity contribution < 1.29 is 18.9 Å². The maximum absolute atomic E-state index is 10.3. The Hall–Kier alpha value is 0.330. The van der Waals surface area contributed by atoms with Gasteiger partial charge in [-0.3, -0.25) is 4.52 Å². The number of benzene rings is 1. The van der Waals surface area contributed by atoms with Crippen molar-refractivity contribution in [3.05, 3.63) is 35.9 Å². The quantitative estimate of drug-likeness (QED) is 0.585. The van der Waals surface area contributed by atoms with E-state index in [4.69, 9.17) is 9.79 Å². The summed E-state index contributed by atoms with van der Waals surface area (Å²) in [6.07, 6.45) is 0.506. The molecule has 0 heterocycles. The van der Waals surface area contributed by atoms with Gasteiger partial charge in [0, 0.05) is 0 Å². The molecule has 74 valence electrons. The minimum absolute atomic E-state index is 0. The van der Waals surface area contributed by atoms with Gasteiger partial charge in [0.2, 0.25) is 0 Å². The molecule has 0 atom stereocenters. The first-order valence-corrected chi connectivity index (χ1v) is 5.35. The Labute approximate surface area is 105 Å². The standard InChI is InChI=1S/C8H11O4P.Na.H/c9-13(10,11)12-7-6-8-4-2-1-3-5-8;;/h1-5H,6-7H2,(H2,9,10,11);;. The van der Waals surface area contributed by atoms with E-state index in [1.165, 1.54) is 0 Å². The summed E-state index contributed by atoms with van der Waals surface area (Å²) < 4.78 is 14.6. The maximum atomic E-state index is 10.3. The van der Waals surface area contributed by atoms with Gasteiger partial charge in [0.25, 0.3) is 0 Å². The second kappa shape index (κ2) is 6.75. The number of hydrogen-bond donors (Lipinski definition) is 2. The topological polar surface area (TPSA) is 66.8 Å². The van der Waals surface area contributed by atoms with E-state index in [9.17, 15) is 4.57 Å². The van der Waals surface area contributed by atoms with Gasteiger partial charge in [0.05, 0.1) is 6.61 Å². The molecule has 6 heteroatoms. The molecule has 0 aliphatic carbocycles. The van der Waals surface area contributed by atoms with Crippen molar-refractivity contribution in [2.24, 2.45) is 0 Å². The van der Waals surface area contributed by atoms with Crippen molar-refractivity contribution in [3.63, 3.8) is 0 Å². The van der Waals surface area contributed by atoms with Gasteiger partial charge in [-0.05, 0) is 12.0 Å². The van der Waals surface area contributed by atoms with Gasteiger partial charge in [-0.2, -0.15) is 0 Å². The molecule has 4 nitrogen and oxygen atoms in total. The van der Waals surface area contributed by atoms with Crippen molar-refractivity contribution >= 4 is 37.4 Å². The van der Waals surface area contributed by atoms with Crippen LogP contribution in [0.5, 0.6) is 0 Å². The van der Waals surface area contributed by atoms with Crippen LogP contribution < -0.4 is 0 Å². The van der Waals surface area contributed by atoms with Gasteiger partial charge in [-0.25, -0.2) is 4.57 Å². The first kappa shape index (κ1) is 14.3. The van der Waals surface area contributed by atoms with Crippen molar-refractivity contribution in [2.75, 3.05) is 6.61 Å². The first-order chi connectivity index (χ1) is 6.08. The summed E-state index contributed by atoms with van der Waals surface area (Å²) in [5.41, 5.74) is 0.996. The fourth-order valence-corrected chi connectivity index (χ4v) is 1.26. The number of rotatable bonds is 4. The summed E-state index contributed by atoms with van der Waals surface area (Å²) in [5.74, 6) is 0. The molecule has 14 heavy (non-hydrogen) atoms. The molecule has 1 aromatic rings. The zero-order valence-corrected chi connectivity index (χ0v) is 7.85. The molecule has 0 radical (unpaired) electrons. The number of phosphoric acid groups is 1. The fourth-order valence-electron chi connectivity index (χ4n) is 0.927. The molecule has 0 aliphatic rings. The first-order valence-electron chi connectivity index (χ1n) is 3.82. The monoisotopic (exact) mass is 226 g/mol. The molecule has 0 aliphatic heterocycles. The molecule has 0 fully saturated rings. The summed E-state index contributed by atoms with van der Waals surface area (Å²) in [7, 11) is -4.30. The van der Waals surface area contributed by atoms with E-state index in [2.05, 4.69) is 4.52 Å². The van der Waals surface area contributed by atoms with Gasteiger partial charge >= 0.3 is 37.4 Å². The molecule has 0 amide bonds. The van der Waals surface area contributed by atoms with Crippen LogP contribution in [0.4, 0.5) is 0 Å². The molecular formula is C8H12NaO4P. The predicted octanol–water partition coefficient (Wildman–Crippen LogP) is 0.690. The van der Waals surface area contributed by atoms with Crippen molar-refractivity contribution in [2.45, 2.75) is 6.42 Å². The van der Waals surface area contributed by atoms with E-state index in [0.29, 0.717) is 6.42 Å². The minimum atomic E-state index is -4.30. The average molecular weight is 226 g/mol. The second-order valence-corrected chi connectivity index (χ2v) is 3.80. The molecule has 0 bridgehead atoms. The third-order valence-corrected chi connectivity index (χ3v) is 2.01. The van der Waals surface area contributed by atoms with Gasteiger partial charge in [0.15, 0.2) is 0 Å². The average Bonchev–Trinajstić information content (AvgIpc) is 2.04. The van der Waals surface area contributed by atoms with Crippen molar-refractivity contribution in [1.29, 1.82) is 0 Å². The Balaban J connectivity index is 0.00000169. The summed E-state index contributed by atoms with van der Waals surface area (Å²) in [5, 5.41) is 0. The molecule has 0 unspecified atom stereocenters. The third-order valence-electron chi connectivity index (χ3n) is 1.49. The van der Waals surface area contributed by atoms with Crippen LogP contribution in [0.25, 0.3) is 0 Å². The molecule has 0 saturated carbocycles. The van der Waals surface area contributed by atoms with Crippen LogP contribution in [0.15, 0.2) is 30.3 Å². The summed E-state index contributed by atoms with van der Waals surface area (Å²) in [6, 6.07) is 9.37. The Bertz CT molecular complexity index is 297. The van der Waals surface area contributed by atoms with Crippen LogP contribution in [0.1, 0.15) is 5.56 Å². The molecule has 0 spiro atoms. The summed E-state index contributed by atoms with van der Waals surface area (Å²) in [4.78, 5) is 16.8. The van der Waals surface area contributed by atoms with E-state index in [1.807, 2.05) is 30.3 Å². The van der Waals surface area contributed by atoms with E-state index in [1.54, 1.807) is 0 Å². The molecule has 0 saturated heterocycles. The SMILES string of the molecule is O=P(O)(O)OCCc1ccccc1.[NaH]. The second-order valence-electron chi connectivity index (χ2n) is 2.56. The number of phosphoric ester groups is 1. The van der Waals surface area contributed by atoms with Gasteiger partial charge in [0.1, 0.15) is 0 Å². The van der Waals surface area contributed by atoms with Gasteiger partial charge in [-0.15, -0.1) is 0 Å². The Morgan fingerprint density at radius 1 is 1.21 bits per heavy atom. The zero-order chi connectivity index (χ0) is 9.73. The van der Waals surface area contributed by atoms with Crippen LogP contribution in [0, 0.1) is 0 Å². The van der Waals surface area contributed by atoms with Crippen molar-refractivity contribution in [3.8, 4) is 0 Å². The number of hydrogen-bond acceptors (Lipinski definition) is 2. The van der Waals surface area contributed by atoms with Crippen LogP contribution in [0.2, 0.25) is 0 Å². The van der Waals surface area contributed by atoms with Gasteiger partial charge in [-0.1, -0.05) is 30.3 Å². The summed E-state index contributed by atoms with van der Waals surface area (Å²) in [6.45, 7) is 0.0360. The zero-order valence-electron chi connectivity index (χ0n) is 6.96. The van der Waals surface area contributed by atoms with Crippen molar-refractivity contribution in [1.82, 2.24) is 0 Å². The van der Waals surface area contributed by atoms with Gasteiger partial charge < -0.3 is 9.79 Å². The van der Waals surface area contributed by atoms with E-state index < -0.39 is 7.82 Å². The predicted molar refractivity (Wildman–Crippen MR) is 55.3 cm³/mol. The molecular weight excluding hydrogens is 214 g/mol. The normalized spacial score (nSPS) is 10.7. The molecule has 1 rings (SSSR count). The van der Waals surface area contributed by atoms with Crippen LogP contribution >= 0.6 is 7.82 Å². The Morgan fingerprint density at radius 3 is 2.29 bits per heavy atom. The van der Waals surface area contributed by atoms with Crippen LogP contribution in [0.3, 0.4) is 0 Å². The van der Waals surface area contributed by atoms with E-state index >= 15 is 0 Å². The molecule has 2 N–H and O–H groups in total. The van der Waals surface area contributed by atoms with Crippen LogP contribution in [-0.4, -0.2) is 46.0 Å². The Kier molecular flexibility index (Phi) is 6.91.